The van der Waals surface area contributed by atoms with Crippen LogP contribution in [0.25, 0.3) is 0 Å². The van der Waals surface area contributed by atoms with Gasteiger partial charge in [0.25, 0.3) is 5.91 Å². The molecule has 0 aliphatic carbocycles. The van der Waals surface area contributed by atoms with E-state index in [9.17, 15) is 14.0 Å². The average Bonchev–Trinajstić information content (AvgIpc) is 3.02. The van der Waals surface area contributed by atoms with Crippen LogP contribution in [0.1, 0.15) is 49.4 Å². The Bertz CT molecular complexity index is 650. The maximum absolute atomic E-state index is 14.1. The van der Waals surface area contributed by atoms with Crippen LogP contribution in [0, 0.1) is 5.82 Å². The van der Waals surface area contributed by atoms with Crippen molar-refractivity contribution in [2.24, 2.45) is 0 Å². The monoisotopic (exact) mass is 348 g/mol. The van der Waals surface area contributed by atoms with Gasteiger partial charge in [0.1, 0.15) is 0 Å². The zero-order valence-corrected chi connectivity index (χ0v) is 14.7. The molecule has 5 nitrogen and oxygen atoms in total. The van der Waals surface area contributed by atoms with Crippen LogP contribution in [-0.2, 0) is 4.79 Å². The molecule has 1 aromatic rings. The summed E-state index contributed by atoms with van der Waals surface area (Å²) in [5, 5.41) is 0. The van der Waals surface area contributed by atoms with E-state index in [0.29, 0.717) is 26.1 Å². The lowest BCUT2D eigenvalue weighted by atomic mass is 10.00. The third-order valence-corrected chi connectivity index (χ3v) is 4.98. The highest BCUT2D eigenvalue weighted by molar-refractivity contribution is 5.97. The van der Waals surface area contributed by atoms with Gasteiger partial charge in [-0.3, -0.25) is 9.59 Å². The zero-order valence-electron chi connectivity index (χ0n) is 14.7. The maximum Gasteiger partial charge on any atom is 0.258 e. The number of hydrogen-bond donors (Lipinski definition) is 0. The topological polar surface area (TPSA) is 49.9 Å². The van der Waals surface area contributed by atoms with Crippen molar-refractivity contribution in [1.29, 1.82) is 0 Å². The number of carbonyl (C=O) groups excluding carboxylic acids is 2. The fourth-order valence-electron chi connectivity index (χ4n) is 3.73. The molecule has 1 atom stereocenters. The molecule has 1 unspecified atom stereocenters. The standard InChI is InChI=1S/C19H25FN2O3/c1-2-25-18-15(8-5-9-16(18)20)19(24)22-12-4-3-7-14(22)13-21-11-6-10-17(21)23/h5,8-9,14H,2-4,6-7,10-13H2,1H3. The van der Waals surface area contributed by atoms with Gasteiger partial charge in [0, 0.05) is 32.1 Å². The van der Waals surface area contributed by atoms with E-state index in [4.69, 9.17) is 4.74 Å². The van der Waals surface area contributed by atoms with Crippen LogP contribution in [0.5, 0.6) is 5.75 Å². The summed E-state index contributed by atoms with van der Waals surface area (Å²) in [5.41, 5.74) is 0.265. The molecule has 2 aliphatic heterocycles. The molecule has 2 saturated heterocycles. The molecule has 25 heavy (non-hydrogen) atoms. The molecule has 1 aromatic carbocycles. The van der Waals surface area contributed by atoms with Gasteiger partial charge in [0.2, 0.25) is 5.91 Å². The Labute approximate surface area is 147 Å². The average molecular weight is 348 g/mol. The van der Waals surface area contributed by atoms with Crippen molar-refractivity contribution in [2.45, 2.75) is 45.1 Å². The largest absolute Gasteiger partial charge is 0.490 e. The zero-order chi connectivity index (χ0) is 17.8. The minimum absolute atomic E-state index is 0.0129. The summed E-state index contributed by atoms with van der Waals surface area (Å²) in [6.45, 7) is 4.04. The lowest BCUT2D eigenvalue weighted by Gasteiger charge is -2.38. The van der Waals surface area contributed by atoms with E-state index >= 15 is 0 Å². The van der Waals surface area contributed by atoms with Gasteiger partial charge in [0.15, 0.2) is 11.6 Å². The molecule has 0 aromatic heterocycles. The molecule has 0 N–H and O–H groups in total. The van der Waals surface area contributed by atoms with Gasteiger partial charge in [0.05, 0.1) is 12.2 Å². The summed E-state index contributed by atoms with van der Waals surface area (Å²) < 4.78 is 19.5. The number of para-hydroxylation sites is 1. The number of amides is 2. The number of benzene rings is 1. The summed E-state index contributed by atoms with van der Waals surface area (Å²) in [4.78, 5) is 28.7. The van der Waals surface area contributed by atoms with Gasteiger partial charge in [-0.2, -0.15) is 0 Å². The second kappa shape index (κ2) is 7.85. The lowest BCUT2D eigenvalue weighted by Crippen LogP contribution is -2.49. The van der Waals surface area contributed by atoms with E-state index in [0.717, 1.165) is 32.2 Å². The number of ether oxygens (including phenoxy) is 1. The van der Waals surface area contributed by atoms with Crippen molar-refractivity contribution in [3.63, 3.8) is 0 Å². The third kappa shape index (κ3) is 3.78. The fraction of sp³-hybridized carbons (Fsp3) is 0.579. The highest BCUT2D eigenvalue weighted by atomic mass is 19.1. The van der Waals surface area contributed by atoms with E-state index in [2.05, 4.69) is 0 Å². The van der Waals surface area contributed by atoms with Crippen LogP contribution in [0.3, 0.4) is 0 Å². The lowest BCUT2D eigenvalue weighted by molar-refractivity contribution is -0.128. The van der Waals surface area contributed by atoms with Crippen LogP contribution in [0.2, 0.25) is 0 Å². The molecular formula is C19H25FN2O3. The smallest absolute Gasteiger partial charge is 0.258 e. The molecule has 2 aliphatic rings. The van der Waals surface area contributed by atoms with Gasteiger partial charge in [-0.05, 0) is 44.7 Å². The van der Waals surface area contributed by atoms with Crippen molar-refractivity contribution in [3.8, 4) is 5.75 Å². The summed E-state index contributed by atoms with van der Waals surface area (Å²) in [7, 11) is 0. The number of hydrogen-bond acceptors (Lipinski definition) is 3. The van der Waals surface area contributed by atoms with E-state index in [1.807, 2.05) is 4.90 Å². The summed E-state index contributed by atoms with van der Waals surface area (Å²) in [5.74, 6) is -0.536. The van der Waals surface area contributed by atoms with Crippen LogP contribution in [0.15, 0.2) is 18.2 Å². The van der Waals surface area contributed by atoms with Crippen molar-refractivity contribution >= 4 is 11.8 Å². The van der Waals surface area contributed by atoms with Crippen LogP contribution in [0.4, 0.5) is 4.39 Å². The van der Waals surface area contributed by atoms with Crippen molar-refractivity contribution in [1.82, 2.24) is 9.80 Å². The van der Waals surface area contributed by atoms with Crippen molar-refractivity contribution in [3.05, 3.63) is 29.6 Å². The summed E-state index contributed by atoms with van der Waals surface area (Å²) >= 11 is 0. The Hall–Kier alpha value is -2.11. The molecule has 2 heterocycles. The van der Waals surface area contributed by atoms with Gasteiger partial charge >= 0.3 is 0 Å². The van der Waals surface area contributed by atoms with Gasteiger partial charge in [-0.15, -0.1) is 0 Å². The number of rotatable bonds is 5. The van der Waals surface area contributed by atoms with Gasteiger partial charge < -0.3 is 14.5 Å². The quantitative estimate of drug-likeness (QED) is 0.822. The van der Waals surface area contributed by atoms with Gasteiger partial charge in [-0.1, -0.05) is 6.07 Å². The first-order chi connectivity index (χ1) is 12.1. The van der Waals surface area contributed by atoms with E-state index in [1.165, 1.54) is 12.1 Å². The van der Waals surface area contributed by atoms with Crippen molar-refractivity contribution < 1.29 is 18.7 Å². The first-order valence-electron chi connectivity index (χ1n) is 9.12. The van der Waals surface area contributed by atoms with Crippen LogP contribution >= 0.6 is 0 Å². The SMILES string of the molecule is CCOc1c(F)cccc1C(=O)N1CCCCC1CN1CCCC1=O. The number of likely N-dealkylation sites (tertiary alicyclic amines) is 2. The number of carbonyl (C=O) groups is 2. The molecule has 0 radical (unpaired) electrons. The van der Waals surface area contributed by atoms with E-state index in [-0.39, 0.29) is 29.2 Å². The minimum Gasteiger partial charge on any atom is -0.490 e. The van der Waals surface area contributed by atoms with Crippen LogP contribution in [-0.4, -0.2) is 53.9 Å². The molecule has 0 spiro atoms. The predicted octanol–water partition coefficient (Wildman–Crippen LogP) is 2.84. The van der Waals surface area contributed by atoms with Gasteiger partial charge in [-0.25, -0.2) is 4.39 Å². The highest BCUT2D eigenvalue weighted by Crippen LogP contribution is 2.28. The number of halogens is 1. The fourth-order valence-corrected chi connectivity index (χ4v) is 3.73. The molecule has 136 valence electrons. The molecule has 0 bridgehead atoms. The third-order valence-electron chi connectivity index (χ3n) is 4.98. The number of nitrogens with zero attached hydrogens (tertiary/aromatic N) is 2. The Balaban J connectivity index is 1.81. The number of piperidine rings is 1. The van der Waals surface area contributed by atoms with E-state index < -0.39 is 5.82 Å². The maximum atomic E-state index is 14.1. The predicted molar refractivity (Wildman–Crippen MR) is 92.1 cm³/mol. The van der Waals surface area contributed by atoms with Crippen LogP contribution < -0.4 is 4.74 Å². The second-order valence-corrected chi connectivity index (χ2v) is 6.64. The highest BCUT2D eigenvalue weighted by Gasteiger charge is 2.33. The first kappa shape index (κ1) is 17.7. The summed E-state index contributed by atoms with van der Waals surface area (Å²) in [6, 6.07) is 4.44. The first-order valence-corrected chi connectivity index (χ1v) is 9.12. The van der Waals surface area contributed by atoms with E-state index in [1.54, 1.807) is 17.9 Å². The second-order valence-electron chi connectivity index (χ2n) is 6.64. The Kier molecular flexibility index (Phi) is 5.56. The molecule has 2 fully saturated rings. The Morgan fingerprint density at radius 3 is 2.84 bits per heavy atom. The Morgan fingerprint density at radius 1 is 1.28 bits per heavy atom. The molecule has 3 rings (SSSR count). The molecule has 2 amide bonds. The normalized spacial score (nSPS) is 20.9. The van der Waals surface area contributed by atoms with Crippen molar-refractivity contribution in [2.75, 3.05) is 26.2 Å². The summed E-state index contributed by atoms with van der Waals surface area (Å²) in [6.07, 6.45) is 4.32. The molecular weight excluding hydrogens is 323 g/mol. The molecule has 0 saturated carbocycles. The Morgan fingerprint density at radius 2 is 2.12 bits per heavy atom. The minimum atomic E-state index is -0.518. The molecule has 6 heteroatoms.